The summed E-state index contributed by atoms with van der Waals surface area (Å²) in [6, 6.07) is 19.5. The highest BCUT2D eigenvalue weighted by Gasteiger charge is 2.14. The van der Waals surface area contributed by atoms with Gasteiger partial charge in [0, 0.05) is 12.1 Å². The van der Waals surface area contributed by atoms with Crippen molar-refractivity contribution in [2.24, 2.45) is 0 Å². The van der Waals surface area contributed by atoms with Crippen LogP contribution in [0.5, 0.6) is 17.2 Å². The molecule has 0 atom stereocenters. The highest BCUT2D eigenvalue weighted by molar-refractivity contribution is 5.94. The van der Waals surface area contributed by atoms with E-state index in [1.807, 2.05) is 83.0 Å². The molecule has 0 aliphatic heterocycles. The monoisotopic (exact) mass is 629 g/mol. The van der Waals surface area contributed by atoms with E-state index in [0.717, 1.165) is 28.0 Å². The van der Waals surface area contributed by atoms with Gasteiger partial charge in [-0.2, -0.15) is 0 Å². The molecule has 0 radical (unpaired) electrons. The average Bonchev–Trinajstić information content (AvgIpc) is 3.07. The lowest BCUT2D eigenvalue weighted by Crippen LogP contribution is -2.22. The Kier molecular flexibility index (Phi) is 19.1. The predicted molar refractivity (Wildman–Crippen MR) is 194 cm³/mol. The Morgan fingerprint density at radius 1 is 0.804 bits per heavy atom. The smallest absolute Gasteiger partial charge is 0.251 e. The van der Waals surface area contributed by atoms with Crippen molar-refractivity contribution in [3.05, 3.63) is 118 Å². The van der Waals surface area contributed by atoms with Crippen LogP contribution in [-0.4, -0.2) is 34.0 Å². The highest BCUT2D eigenvalue weighted by Crippen LogP contribution is 2.28. The van der Waals surface area contributed by atoms with Crippen LogP contribution in [0.4, 0.5) is 0 Å². The summed E-state index contributed by atoms with van der Waals surface area (Å²) >= 11 is 0. The van der Waals surface area contributed by atoms with E-state index in [4.69, 9.17) is 19.0 Å². The Hall–Kier alpha value is -4.58. The number of hydrogen-bond donors (Lipinski definition) is 1. The van der Waals surface area contributed by atoms with Crippen LogP contribution in [0.1, 0.15) is 88.0 Å². The zero-order valence-electron chi connectivity index (χ0n) is 30.1. The van der Waals surface area contributed by atoms with E-state index < -0.39 is 0 Å². The van der Waals surface area contributed by atoms with Gasteiger partial charge in [-0.05, 0) is 91.3 Å². The summed E-state index contributed by atoms with van der Waals surface area (Å²) in [5.41, 5.74) is 8.57. The van der Waals surface area contributed by atoms with Crippen LogP contribution >= 0.6 is 0 Å². The van der Waals surface area contributed by atoms with Gasteiger partial charge in [-0.1, -0.05) is 94.8 Å². The number of amides is 1. The summed E-state index contributed by atoms with van der Waals surface area (Å²) in [5, 5.41) is 2.94. The summed E-state index contributed by atoms with van der Waals surface area (Å²) in [5.74, 6) is 2.14. The Balaban J connectivity index is 0.000000992. The zero-order chi connectivity index (χ0) is 35.4. The number of hydrogen-bond acceptors (Lipinski definition) is 5. The van der Waals surface area contributed by atoms with Crippen molar-refractivity contribution in [1.82, 2.24) is 5.32 Å². The molecule has 0 unspecified atom stereocenters. The number of carbonyl (C=O) groups excluding carboxylic acids is 2. The van der Waals surface area contributed by atoms with E-state index >= 15 is 0 Å². The average molecular weight is 630 g/mol. The minimum Gasteiger partial charge on any atom is -0.496 e. The van der Waals surface area contributed by atoms with Gasteiger partial charge in [-0.25, -0.2) is 0 Å². The second kappa shape index (κ2) is 21.2. The Morgan fingerprint density at radius 2 is 1.33 bits per heavy atom. The maximum absolute atomic E-state index is 12.5. The standard InChI is InChI=1S/C25H29NO3.C12H18O.C2H6.CH2O/c1-7-18(4)14-22(17(2)3)20-9-11-21(12-10-20)25(27)26-16-19-8-13-23(28-5)24(15-19)29-6;1-9-8-10(12(2,3)4)6-7-11(9)13-5;2*1-2/h7-15H,2,16H2,1,3-6H3,(H,26,27);6-8H,1-5H3;1-2H3;1H2/b18-7-,22-14+;;;. The molecule has 250 valence electrons. The number of carbonyl (C=O) groups is 2. The third-order valence-corrected chi connectivity index (χ3v) is 6.91. The van der Waals surface area contributed by atoms with Gasteiger partial charge >= 0.3 is 0 Å². The van der Waals surface area contributed by atoms with E-state index in [2.05, 4.69) is 70.8 Å². The van der Waals surface area contributed by atoms with Crippen molar-refractivity contribution in [1.29, 1.82) is 0 Å². The van der Waals surface area contributed by atoms with Crippen LogP contribution in [0.25, 0.3) is 5.57 Å². The summed E-state index contributed by atoms with van der Waals surface area (Å²) in [4.78, 5) is 20.5. The van der Waals surface area contributed by atoms with Crippen molar-refractivity contribution in [3.63, 3.8) is 0 Å². The molecule has 1 N–H and O–H groups in total. The fourth-order valence-corrected chi connectivity index (χ4v) is 4.19. The van der Waals surface area contributed by atoms with Gasteiger partial charge in [-0.15, -0.1) is 0 Å². The minimum atomic E-state index is -0.128. The van der Waals surface area contributed by atoms with Crippen LogP contribution in [-0.2, 0) is 16.8 Å². The maximum Gasteiger partial charge on any atom is 0.251 e. The van der Waals surface area contributed by atoms with Crippen molar-refractivity contribution in [2.75, 3.05) is 21.3 Å². The number of rotatable bonds is 9. The molecular formula is C40H55NO5. The van der Waals surface area contributed by atoms with Crippen LogP contribution < -0.4 is 19.5 Å². The summed E-state index contributed by atoms with van der Waals surface area (Å²) in [6.07, 6.45) is 4.16. The Labute approximate surface area is 278 Å². The van der Waals surface area contributed by atoms with Gasteiger partial charge in [0.05, 0.1) is 21.3 Å². The molecule has 0 aliphatic rings. The molecule has 0 spiro atoms. The number of benzene rings is 3. The third kappa shape index (κ3) is 13.2. The van der Waals surface area contributed by atoms with Crippen LogP contribution in [0, 0.1) is 6.92 Å². The summed E-state index contributed by atoms with van der Waals surface area (Å²) in [6.45, 7) is 25.2. The fourth-order valence-electron chi connectivity index (χ4n) is 4.19. The fraction of sp³-hybridized carbons (Fsp3) is 0.350. The maximum atomic E-state index is 12.5. The van der Waals surface area contributed by atoms with Crippen LogP contribution in [0.2, 0.25) is 0 Å². The zero-order valence-corrected chi connectivity index (χ0v) is 30.1. The number of ether oxygens (including phenoxy) is 3. The first-order valence-electron chi connectivity index (χ1n) is 15.4. The molecule has 1 amide bonds. The number of aryl methyl sites for hydroxylation is 1. The minimum absolute atomic E-state index is 0.128. The molecule has 0 heterocycles. The lowest BCUT2D eigenvalue weighted by molar-refractivity contribution is -0.0980. The third-order valence-electron chi connectivity index (χ3n) is 6.91. The second-order valence-electron chi connectivity index (χ2n) is 11.3. The van der Waals surface area contributed by atoms with Crippen molar-refractivity contribution < 1.29 is 23.8 Å². The Morgan fingerprint density at radius 3 is 1.78 bits per heavy atom. The van der Waals surface area contributed by atoms with Crippen LogP contribution in [0.3, 0.4) is 0 Å². The SMILES string of the molecule is C=C(C)/C(=C\C(C)=C/C)c1ccc(C(=O)NCc2ccc(OC)c(OC)c2)cc1.C=O.CC.COc1ccc(C(C)(C)C)cc1C. The molecule has 0 saturated heterocycles. The molecule has 6 heteroatoms. The lowest BCUT2D eigenvalue weighted by Gasteiger charge is -2.20. The second-order valence-corrected chi connectivity index (χ2v) is 11.3. The highest BCUT2D eigenvalue weighted by atomic mass is 16.5. The van der Waals surface area contributed by atoms with Gasteiger partial charge in [0.1, 0.15) is 12.5 Å². The molecule has 3 rings (SSSR count). The molecule has 0 saturated carbocycles. The van der Waals surface area contributed by atoms with Gasteiger partial charge in [0.15, 0.2) is 11.5 Å². The van der Waals surface area contributed by atoms with Gasteiger partial charge in [0.25, 0.3) is 5.91 Å². The topological polar surface area (TPSA) is 73.9 Å². The van der Waals surface area contributed by atoms with E-state index in [-0.39, 0.29) is 11.3 Å². The molecular weight excluding hydrogens is 574 g/mol. The first-order valence-corrected chi connectivity index (χ1v) is 15.4. The normalized spacial score (nSPS) is 10.9. The quantitative estimate of drug-likeness (QED) is 0.239. The van der Waals surface area contributed by atoms with Crippen molar-refractivity contribution in [3.8, 4) is 17.2 Å². The number of nitrogens with one attached hydrogen (secondary N) is 1. The molecule has 3 aromatic carbocycles. The van der Waals surface area contributed by atoms with E-state index in [0.29, 0.717) is 23.6 Å². The van der Waals surface area contributed by atoms with Crippen LogP contribution in [0.15, 0.2) is 90.5 Å². The summed E-state index contributed by atoms with van der Waals surface area (Å²) in [7, 11) is 4.89. The predicted octanol–water partition coefficient (Wildman–Crippen LogP) is 9.70. The van der Waals surface area contributed by atoms with E-state index in [1.165, 1.54) is 16.7 Å². The van der Waals surface area contributed by atoms with Crippen molar-refractivity contribution >= 4 is 18.3 Å². The van der Waals surface area contributed by atoms with Gasteiger partial charge in [-0.3, -0.25) is 4.79 Å². The molecule has 0 aromatic heterocycles. The first kappa shape index (κ1) is 41.4. The van der Waals surface area contributed by atoms with E-state index in [9.17, 15) is 4.79 Å². The van der Waals surface area contributed by atoms with Gasteiger partial charge < -0.3 is 24.3 Å². The first-order chi connectivity index (χ1) is 21.8. The summed E-state index contributed by atoms with van der Waals surface area (Å²) < 4.78 is 15.8. The largest absolute Gasteiger partial charge is 0.496 e. The van der Waals surface area contributed by atoms with E-state index in [1.54, 1.807) is 21.3 Å². The molecule has 6 nitrogen and oxygen atoms in total. The molecule has 0 bridgehead atoms. The number of allylic oxidation sites excluding steroid dienone is 5. The van der Waals surface area contributed by atoms with Crippen molar-refractivity contribution in [2.45, 2.75) is 74.3 Å². The molecule has 46 heavy (non-hydrogen) atoms. The lowest BCUT2D eigenvalue weighted by atomic mass is 9.86. The molecule has 3 aromatic rings. The molecule has 0 aliphatic carbocycles. The molecule has 0 fully saturated rings. The van der Waals surface area contributed by atoms with Gasteiger partial charge in [0.2, 0.25) is 0 Å². The number of methoxy groups -OCH3 is 3. The Bertz CT molecular complexity index is 1440.